The highest BCUT2D eigenvalue weighted by atomic mass is 35.5. The third-order valence-electron chi connectivity index (χ3n) is 3.27. The summed E-state index contributed by atoms with van der Waals surface area (Å²) in [5.41, 5.74) is 0. The molecule has 2 rings (SSSR count). The fourth-order valence-corrected chi connectivity index (χ4v) is 4.02. The largest absolute Gasteiger partial charge is 0.240 e. The number of alkyl halides is 1. The van der Waals surface area contributed by atoms with E-state index in [2.05, 4.69) is 4.72 Å². The fourth-order valence-electron chi connectivity index (χ4n) is 2.28. The molecule has 1 aliphatic rings. The first-order valence-electron chi connectivity index (χ1n) is 5.87. The van der Waals surface area contributed by atoms with Crippen LogP contribution in [-0.2, 0) is 10.0 Å². The molecule has 2 unspecified atom stereocenters. The molecule has 6 heteroatoms. The highest BCUT2D eigenvalue weighted by Crippen LogP contribution is 2.28. The Kier molecular flexibility index (Phi) is 4.25. The first-order chi connectivity index (χ1) is 8.53. The number of halogens is 2. The topological polar surface area (TPSA) is 46.2 Å². The van der Waals surface area contributed by atoms with Gasteiger partial charge in [0.05, 0.1) is 4.90 Å². The van der Waals surface area contributed by atoms with Crippen molar-refractivity contribution in [3.05, 3.63) is 30.1 Å². The van der Waals surface area contributed by atoms with E-state index in [1.807, 2.05) is 0 Å². The molecule has 1 aliphatic carbocycles. The lowest BCUT2D eigenvalue weighted by Gasteiger charge is -2.18. The summed E-state index contributed by atoms with van der Waals surface area (Å²) in [6.07, 6.45) is 2.68. The van der Waals surface area contributed by atoms with Crippen LogP contribution in [0.25, 0.3) is 0 Å². The summed E-state index contributed by atoms with van der Waals surface area (Å²) < 4.78 is 39.8. The Morgan fingerprint density at radius 1 is 1.39 bits per heavy atom. The van der Waals surface area contributed by atoms with Gasteiger partial charge in [0.25, 0.3) is 0 Å². The fraction of sp³-hybridized carbons (Fsp3) is 0.500. The monoisotopic (exact) mass is 291 g/mol. The predicted octanol–water partition coefficient (Wildman–Crippen LogP) is 2.51. The Balaban J connectivity index is 2.17. The van der Waals surface area contributed by atoms with Gasteiger partial charge in [0.1, 0.15) is 5.82 Å². The quantitative estimate of drug-likeness (QED) is 0.867. The summed E-state index contributed by atoms with van der Waals surface area (Å²) in [5.74, 6) is 0.0456. The van der Waals surface area contributed by atoms with E-state index in [1.54, 1.807) is 0 Å². The van der Waals surface area contributed by atoms with E-state index >= 15 is 0 Å². The van der Waals surface area contributed by atoms with E-state index in [9.17, 15) is 12.8 Å². The van der Waals surface area contributed by atoms with Crippen LogP contribution in [0.5, 0.6) is 0 Å². The molecule has 0 amide bonds. The van der Waals surface area contributed by atoms with Gasteiger partial charge in [-0.05, 0) is 37.0 Å². The summed E-state index contributed by atoms with van der Waals surface area (Å²) in [4.78, 5) is -0.0391. The van der Waals surface area contributed by atoms with Gasteiger partial charge in [0.15, 0.2) is 0 Å². The van der Waals surface area contributed by atoms with Gasteiger partial charge in [0.2, 0.25) is 10.0 Å². The molecule has 2 atom stereocenters. The molecule has 0 aliphatic heterocycles. The van der Waals surface area contributed by atoms with Crippen LogP contribution < -0.4 is 4.72 Å². The van der Waals surface area contributed by atoms with Crippen molar-refractivity contribution in [3.63, 3.8) is 0 Å². The molecule has 0 aromatic heterocycles. The zero-order valence-corrected chi connectivity index (χ0v) is 11.3. The molecular formula is C12H15ClFNO2S. The van der Waals surface area contributed by atoms with Crippen LogP contribution in [-0.4, -0.2) is 20.3 Å². The number of rotatable bonds is 4. The molecule has 0 saturated heterocycles. The van der Waals surface area contributed by atoms with Crippen LogP contribution in [0.15, 0.2) is 29.2 Å². The lowest BCUT2D eigenvalue weighted by atomic mass is 10.1. The molecule has 1 aromatic rings. The van der Waals surface area contributed by atoms with Gasteiger partial charge in [-0.2, -0.15) is 0 Å². The molecule has 0 bridgehead atoms. The van der Waals surface area contributed by atoms with Gasteiger partial charge in [0, 0.05) is 11.9 Å². The van der Waals surface area contributed by atoms with Crippen LogP contribution in [0, 0.1) is 11.7 Å². The lowest BCUT2D eigenvalue weighted by molar-refractivity contribution is 0.480. The third kappa shape index (κ3) is 3.02. The summed E-state index contributed by atoms with van der Waals surface area (Å²) in [7, 11) is -3.66. The molecule has 0 spiro atoms. The van der Waals surface area contributed by atoms with E-state index < -0.39 is 15.8 Å². The van der Waals surface area contributed by atoms with E-state index in [0.29, 0.717) is 5.88 Å². The first kappa shape index (κ1) is 13.8. The molecule has 1 aromatic carbocycles. The smallest absolute Gasteiger partial charge is 0.208 e. The van der Waals surface area contributed by atoms with E-state index in [-0.39, 0.29) is 16.9 Å². The summed E-state index contributed by atoms with van der Waals surface area (Å²) in [6.45, 7) is 0. The van der Waals surface area contributed by atoms with Crippen molar-refractivity contribution in [1.29, 1.82) is 0 Å². The lowest BCUT2D eigenvalue weighted by Crippen LogP contribution is -2.37. The highest BCUT2D eigenvalue weighted by Gasteiger charge is 2.30. The summed E-state index contributed by atoms with van der Waals surface area (Å²) >= 11 is 5.81. The Morgan fingerprint density at radius 3 is 2.83 bits per heavy atom. The average molecular weight is 292 g/mol. The van der Waals surface area contributed by atoms with Crippen molar-refractivity contribution in [1.82, 2.24) is 4.72 Å². The van der Waals surface area contributed by atoms with Crippen LogP contribution in [0.3, 0.4) is 0 Å². The minimum atomic E-state index is -3.66. The molecule has 1 fully saturated rings. The van der Waals surface area contributed by atoms with Gasteiger partial charge in [-0.3, -0.25) is 0 Å². The summed E-state index contributed by atoms with van der Waals surface area (Å²) in [6, 6.07) is 4.87. The maximum absolute atomic E-state index is 13.0. The molecule has 100 valence electrons. The van der Waals surface area contributed by atoms with Crippen molar-refractivity contribution in [2.75, 3.05) is 5.88 Å². The second kappa shape index (κ2) is 5.55. The minimum Gasteiger partial charge on any atom is -0.208 e. The van der Waals surface area contributed by atoms with Crippen molar-refractivity contribution in [2.24, 2.45) is 5.92 Å². The number of nitrogens with one attached hydrogen (secondary N) is 1. The Bertz CT molecular complexity index is 521. The zero-order chi connectivity index (χ0) is 13.2. The van der Waals surface area contributed by atoms with Crippen LogP contribution >= 0.6 is 11.6 Å². The number of hydrogen-bond donors (Lipinski definition) is 1. The Hall–Kier alpha value is -0.650. The van der Waals surface area contributed by atoms with Crippen LogP contribution in [0.1, 0.15) is 19.3 Å². The highest BCUT2D eigenvalue weighted by molar-refractivity contribution is 7.89. The molecule has 0 radical (unpaired) electrons. The van der Waals surface area contributed by atoms with Gasteiger partial charge < -0.3 is 0 Å². The second-order valence-corrected chi connectivity index (χ2v) is 6.55. The van der Waals surface area contributed by atoms with Gasteiger partial charge in [-0.1, -0.05) is 12.5 Å². The molecule has 0 heterocycles. The van der Waals surface area contributed by atoms with Gasteiger partial charge in [-0.15, -0.1) is 11.6 Å². The maximum Gasteiger partial charge on any atom is 0.240 e. The molecule has 1 saturated carbocycles. The van der Waals surface area contributed by atoms with E-state index in [1.165, 1.54) is 18.2 Å². The van der Waals surface area contributed by atoms with Crippen molar-refractivity contribution in [2.45, 2.75) is 30.2 Å². The van der Waals surface area contributed by atoms with Gasteiger partial charge >= 0.3 is 0 Å². The number of benzene rings is 1. The molecule has 3 nitrogen and oxygen atoms in total. The third-order valence-corrected chi connectivity index (χ3v) is 5.15. The Morgan fingerprint density at radius 2 is 2.17 bits per heavy atom. The maximum atomic E-state index is 13.0. The predicted molar refractivity (Wildman–Crippen MR) is 68.6 cm³/mol. The van der Waals surface area contributed by atoms with Crippen molar-refractivity contribution >= 4 is 21.6 Å². The SMILES string of the molecule is O=S(=O)(NC1CCCC1CCl)c1cccc(F)c1. The number of hydrogen-bond acceptors (Lipinski definition) is 2. The van der Waals surface area contributed by atoms with Crippen molar-refractivity contribution in [3.8, 4) is 0 Å². The first-order valence-corrected chi connectivity index (χ1v) is 7.88. The molecule has 18 heavy (non-hydrogen) atoms. The van der Waals surface area contributed by atoms with E-state index in [0.717, 1.165) is 25.3 Å². The van der Waals surface area contributed by atoms with Gasteiger partial charge in [-0.25, -0.2) is 17.5 Å². The minimum absolute atomic E-state index is 0.0391. The van der Waals surface area contributed by atoms with E-state index in [4.69, 9.17) is 11.6 Å². The average Bonchev–Trinajstić information content (AvgIpc) is 2.75. The van der Waals surface area contributed by atoms with Crippen molar-refractivity contribution < 1.29 is 12.8 Å². The Labute approximate surface area is 111 Å². The standard InChI is InChI=1S/C12H15ClFNO2S/c13-8-9-3-1-6-12(9)15-18(16,17)11-5-2-4-10(14)7-11/h2,4-5,7,9,12,15H,1,3,6,8H2. The zero-order valence-electron chi connectivity index (χ0n) is 9.77. The summed E-state index contributed by atoms with van der Waals surface area (Å²) in [5, 5.41) is 0. The van der Waals surface area contributed by atoms with Crippen LogP contribution in [0.4, 0.5) is 4.39 Å². The van der Waals surface area contributed by atoms with Crippen LogP contribution in [0.2, 0.25) is 0 Å². The molecule has 1 N–H and O–H groups in total. The normalized spacial score (nSPS) is 24.3. The second-order valence-electron chi connectivity index (χ2n) is 4.53. The number of sulfonamides is 1. The molecular weight excluding hydrogens is 277 g/mol.